The van der Waals surface area contributed by atoms with Crippen molar-refractivity contribution in [3.8, 4) is 0 Å². The van der Waals surface area contributed by atoms with Gasteiger partial charge in [0, 0.05) is 15.8 Å². The Morgan fingerprint density at radius 1 is 1.00 bits per heavy atom. The molecule has 0 atom stereocenters. The quantitative estimate of drug-likeness (QED) is 0.558. The number of hydrogen-bond acceptors (Lipinski definition) is 2. The van der Waals surface area contributed by atoms with Gasteiger partial charge in [0.25, 0.3) is 0 Å². The van der Waals surface area contributed by atoms with E-state index < -0.39 is 0 Å². The van der Waals surface area contributed by atoms with Crippen molar-refractivity contribution in [3.63, 3.8) is 0 Å². The van der Waals surface area contributed by atoms with Crippen molar-refractivity contribution in [1.82, 2.24) is 0 Å². The summed E-state index contributed by atoms with van der Waals surface area (Å²) in [4.78, 5) is 0. The first-order valence-electron chi connectivity index (χ1n) is 6.55. The van der Waals surface area contributed by atoms with Crippen molar-refractivity contribution >= 4 is 55.4 Å². The number of hydrogen-bond donors (Lipinski definition) is 2. The summed E-state index contributed by atoms with van der Waals surface area (Å²) in [5, 5.41) is 6.34. The van der Waals surface area contributed by atoms with Crippen LogP contribution in [0.2, 0.25) is 5.02 Å². The van der Waals surface area contributed by atoms with Crippen LogP contribution in [0.15, 0.2) is 53.0 Å². The highest BCUT2D eigenvalue weighted by molar-refractivity contribution is 9.10. The molecule has 0 heterocycles. The molecule has 0 fully saturated rings. The Balaban J connectivity index is 1.98. The van der Waals surface area contributed by atoms with E-state index in [0.717, 1.165) is 21.4 Å². The number of nitrogen functional groups attached to an aromatic ring is 1. The minimum atomic E-state index is 0.563. The zero-order valence-electron chi connectivity index (χ0n) is 11.5. The van der Waals surface area contributed by atoms with Gasteiger partial charge in [0.05, 0.1) is 10.7 Å². The van der Waals surface area contributed by atoms with Crippen LogP contribution < -0.4 is 11.1 Å². The van der Waals surface area contributed by atoms with Crippen LogP contribution in [0, 0.1) is 6.92 Å². The molecule has 21 heavy (non-hydrogen) atoms. The van der Waals surface area contributed by atoms with Gasteiger partial charge in [0.1, 0.15) is 0 Å². The molecule has 0 aliphatic rings. The molecule has 0 saturated carbocycles. The number of anilines is 3. The molecule has 0 saturated heterocycles. The maximum Gasteiger partial charge on any atom is 0.0656 e. The highest BCUT2D eigenvalue weighted by Gasteiger charge is 2.05. The van der Waals surface area contributed by atoms with Gasteiger partial charge in [-0.2, -0.15) is 0 Å². The SMILES string of the molecule is Cc1cc(N)c(Cl)cc1Nc1ccc2cc(Br)ccc2c1. The molecule has 0 aliphatic heterocycles. The van der Waals surface area contributed by atoms with Crippen LogP contribution >= 0.6 is 27.5 Å². The number of aryl methyl sites for hydroxylation is 1. The van der Waals surface area contributed by atoms with Gasteiger partial charge >= 0.3 is 0 Å². The molecule has 0 unspecified atom stereocenters. The Hall–Kier alpha value is -1.71. The van der Waals surface area contributed by atoms with Gasteiger partial charge in [0.2, 0.25) is 0 Å². The number of benzene rings is 3. The van der Waals surface area contributed by atoms with Gasteiger partial charge < -0.3 is 11.1 Å². The van der Waals surface area contributed by atoms with E-state index in [1.54, 1.807) is 0 Å². The van der Waals surface area contributed by atoms with Crippen LogP contribution in [0.3, 0.4) is 0 Å². The fourth-order valence-corrected chi connectivity index (χ4v) is 2.83. The predicted octanol–water partition coefficient (Wildman–Crippen LogP) is 5.89. The number of halogens is 2. The van der Waals surface area contributed by atoms with Crippen LogP contribution in [0.1, 0.15) is 5.56 Å². The smallest absolute Gasteiger partial charge is 0.0656 e. The molecule has 0 spiro atoms. The fraction of sp³-hybridized carbons (Fsp3) is 0.0588. The summed E-state index contributed by atoms with van der Waals surface area (Å²) in [7, 11) is 0. The summed E-state index contributed by atoms with van der Waals surface area (Å²) in [5.41, 5.74) is 9.46. The second-order valence-corrected chi connectivity index (χ2v) is 6.34. The Labute approximate surface area is 137 Å². The minimum Gasteiger partial charge on any atom is -0.398 e. The molecule has 0 amide bonds. The molecular formula is C17H14BrClN2. The lowest BCUT2D eigenvalue weighted by Gasteiger charge is -2.12. The Bertz CT molecular complexity index is 830. The average Bonchev–Trinajstić information content (AvgIpc) is 2.45. The second-order valence-electron chi connectivity index (χ2n) is 5.02. The molecule has 3 N–H and O–H groups in total. The Morgan fingerprint density at radius 3 is 2.52 bits per heavy atom. The van der Waals surface area contributed by atoms with Gasteiger partial charge in [-0.1, -0.05) is 39.7 Å². The molecule has 0 radical (unpaired) electrons. The van der Waals surface area contributed by atoms with Crippen molar-refractivity contribution in [2.45, 2.75) is 6.92 Å². The zero-order valence-corrected chi connectivity index (χ0v) is 13.8. The van der Waals surface area contributed by atoms with Crippen LogP contribution in [-0.4, -0.2) is 0 Å². The summed E-state index contributed by atoms with van der Waals surface area (Å²) in [6.45, 7) is 2.01. The average molecular weight is 362 g/mol. The van der Waals surface area contributed by atoms with Crippen molar-refractivity contribution in [1.29, 1.82) is 0 Å². The van der Waals surface area contributed by atoms with E-state index in [9.17, 15) is 0 Å². The topological polar surface area (TPSA) is 38.0 Å². The maximum atomic E-state index is 6.09. The van der Waals surface area contributed by atoms with Crippen molar-refractivity contribution < 1.29 is 0 Å². The van der Waals surface area contributed by atoms with Gasteiger partial charge in [-0.25, -0.2) is 0 Å². The highest BCUT2D eigenvalue weighted by atomic mass is 79.9. The lowest BCUT2D eigenvalue weighted by Crippen LogP contribution is -1.96. The first-order valence-corrected chi connectivity index (χ1v) is 7.72. The van der Waals surface area contributed by atoms with E-state index in [2.05, 4.69) is 51.6 Å². The molecule has 0 aliphatic carbocycles. The first-order chi connectivity index (χ1) is 10.0. The maximum absolute atomic E-state index is 6.09. The van der Waals surface area contributed by atoms with E-state index in [1.807, 2.05) is 25.1 Å². The van der Waals surface area contributed by atoms with Crippen LogP contribution in [0.5, 0.6) is 0 Å². The number of fused-ring (bicyclic) bond motifs is 1. The third-order valence-electron chi connectivity index (χ3n) is 3.42. The number of rotatable bonds is 2. The van der Waals surface area contributed by atoms with Gasteiger partial charge in [-0.3, -0.25) is 0 Å². The van der Waals surface area contributed by atoms with Gasteiger partial charge in [-0.05, 0) is 59.7 Å². The normalized spacial score (nSPS) is 10.8. The van der Waals surface area contributed by atoms with Crippen LogP contribution in [-0.2, 0) is 0 Å². The predicted molar refractivity (Wildman–Crippen MR) is 95.5 cm³/mol. The standard InChI is InChI=1S/C17H14BrClN2/c1-10-6-16(20)15(19)9-17(10)21-14-5-3-11-7-13(18)4-2-12(11)8-14/h2-9,21H,20H2,1H3. The summed E-state index contributed by atoms with van der Waals surface area (Å²) < 4.78 is 1.08. The van der Waals surface area contributed by atoms with Crippen molar-refractivity contribution in [3.05, 3.63) is 63.6 Å². The fourth-order valence-electron chi connectivity index (χ4n) is 2.29. The second kappa shape index (κ2) is 5.58. The van der Waals surface area contributed by atoms with E-state index in [1.165, 1.54) is 10.8 Å². The van der Waals surface area contributed by atoms with E-state index in [-0.39, 0.29) is 0 Å². The summed E-state index contributed by atoms with van der Waals surface area (Å²) >= 11 is 9.58. The molecular weight excluding hydrogens is 348 g/mol. The lowest BCUT2D eigenvalue weighted by molar-refractivity contribution is 1.43. The molecule has 3 aromatic rings. The summed E-state index contributed by atoms with van der Waals surface area (Å²) in [6.07, 6.45) is 0. The van der Waals surface area contributed by atoms with Crippen molar-refractivity contribution in [2.75, 3.05) is 11.1 Å². The summed E-state index contributed by atoms with van der Waals surface area (Å²) in [5.74, 6) is 0. The van der Waals surface area contributed by atoms with E-state index >= 15 is 0 Å². The van der Waals surface area contributed by atoms with Crippen LogP contribution in [0.25, 0.3) is 10.8 Å². The van der Waals surface area contributed by atoms with E-state index in [0.29, 0.717) is 10.7 Å². The number of nitrogens with one attached hydrogen (secondary N) is 1. The highest BCUT2D eigenvalue weighted by Crippen LogP contribution is 2.30. The largest absolute Gasteiger partial charge is 0.398 e. The molecule has 106 valence electrons. The third kappa shape index (κ3) is 2.99. The van der Waals surface area contributed by atoms with Gasteiger partial charge in [-0.15, -0.1) is 0 Å². The zero-order chi connectivity index (χ0) is 15.0. The van der Waals surface area contributed by atoms with Gasteiger partial charge in [0.15, 0.2) is 0 Å². The Kier molecular flexibility index (Phi) is 3.79. The number of nitrogens with two attached hydrogens (primary N) is 1. The molecule has 2 nitrogen and oxygen atoms in total. The van der Waals surface area contributed by atoms with E-state index in [4.69, 9.17) is 17.3 Å². The molecule has 3 aromatic carbocycles. The molecule has 0 bridgehead atoms. The third-order valence-corrected chi connectivity index (χ3v) is 4.25. The van der Waals surface area contributed by atoms with Crippen LogP contribution in [0.4, 0.5) is 17.1 Å². The first kappa shape index (κ1) is 14.2. The summed E-state index contributed by atoms with van der Waals surface area (Å²) in [6, 6.07) is 16.2. The molecule has 0 aromatic heterocycles. The monoisotopic (exact) mass is 360 g/mol. The Morgan fingerprint density at radius 2 is 1.71 bits per heavy atom. The lowest BCUT2D eigenvalue weighted by atomic mass is 10.1. The minimum absolute atomic E-state index is 0.563. The molecule has 4 heteroatoms. The molecule has 3 rings (SSSR count). The van der Waals surface area contributed by atoms with Crippen molar-refractivity contribution in [2.24, 2.45) is 0 Å².